The zero-order chi connectivity index (χ0) is 15.1. The van der Waals surface area contributed by atoms with Gasteiger partial charge in [0.25, 0.3) is 0 Å². The normalized spacial score (nSPS) is 10.5. The summed E-state index contributed by atoms with van der Waals surface area (Å²) in [6.07, 6.45) is 13.0. The van der Waals surface area contributed by atoms with Gasteiger partial charge in [0.2, 0.25) is 5.91 Å². The first-order chi connectivity index (χ1) is 9.66. The highest BCUT2D eigenvalue weighted by molar-refractivity contribution is 5.75. The molecule has 1 N–H and O–H groups in total. The highest BCUT2D eigenvalue weighted by atomic mass is 16.1. The van der Waals surface area contributed by atoms with Gasteiger partial charge in [0.05, 0.1) is 0 Å². The topological polar surface area (TPSA) is 46.2 Å². The molecule has 0 aromatic heterocycles. The molecule has 0 heterocycles. The van der Waals surface area contributed by atoms with Crippen molar-refractivity contribution in [3.05, 3.63) is 0 Å². The third kappa shape index (κ3) is 15.2. The molecule has 0 aliphatic heterocycles. The van der Waals surface area contributed by atoms with Gasteiger partial charge in [-0.1, -0.05) is 51.9 Å². The van der Waals surface area contributed by atoms with E-state index >= 15 is 0 Å². The van der Waals surface area contributed by atoms with Gasteiger partial charge in [-0.2, -0.15) is 0 Å². The standard InChI is InChI=1S/C17H33NO2/c1-3-4-15-18-17(20)14-12-10-8-6-5-7-9-11-13-16(2)19/h3-15H2,1-2H3,(H,18,20). The molecule has 0 aliphatic carbocycles. The van der Waals surface area contributed by atoms with Crippen molar-refractivity contribution in [2.75, 3.05) is 6.54 Å². The molecule has 0 atom stereocenters. The summed E-state index contributed by atoms with van der Waals surface area (Å²) in [6.45, 7) is 4.63. The maximum atomic E-state index is 11.4. The SMILES string of the molecule is CCCCNC(=O)CCCCCCCCCCC(C)=O. The third-order valence-electron chi connectivity index (χ3n) is 3.54. The molecule has 3 nitrogen and oxygen atoms in total. The van der Waals surface area contributed by atoms with Gasteiger partial charge in [-0.05, 0) is 26.2 Å². The number of nitrogens with one attached hydrogen (secondary N) is 1. The van der Waals surface area contributed by atoms with Crippen molar-refractivity contribution in [3.8, 4) is 0 Å². The molecule has 0 radical (unpaired) electrons. The molecule has 0 aromatic rings. The molecular formula is C17H33NO2. The van der Waals surface area contributed by atoms with E-state index in [0.29, 0.717) is 12.2 Å². The fraction of sp³-hybridized carbons (Fsp3) is 0.882. The molecule has 0 aromatic carbocycles. The van der Waals surface area contributed by atoms with E-state index < -0.39 is 0 Å². The van der Waals surface area contributed by atoms with E-state index in [4.69, 9.17) is 0 Å². The average molecular weight is 283 g/mol. The van der Waals surface area contributed by atoms with Crippen LogP contribution in [-0.4, -0.2) is 18.2 Å². The molecule has 0 saturated heterocycles. The van der Waals surface area contributed by atoms with Gasteiger partial charge >= 0.3 is 0 Å². The van der Waals surface area contributed by atoms with Crippen LogP contribution < -0.4 is 5.32 Å². The lowest BCUT2D eigenvalue weighted by atomic mass is 10.1. The van der Waals surface area contributed by atoms with Crippen molar-refractivity contribution in [3.63, 3.8) is 0 Å². The second-order valence-corrected chi connectivity index (χ2v) is 5.73. The maximum Gasteiger partial charge on any atom is 0.219 e. The van der Waals surface area contributed by atoms with Gasteiger partial charge in [0.1, 0.15) is 5.78 Å². The molecule has 0 unspecified atom stereocenters. The van der Waals surface area contributed by atoms with Crippen LogP contribution in [0.4, 0.5) is 0 Å². The van der Waals surface area contributed by atoms with Gasteiger partial charge < -0.3 is 10.1 Å². The fourth-order valence-corrected chi connectivity index (χ4v) is 2.21. The van der Waals surface area contributed by atoms with Crippen LogP contribution >= 0.6 is 0 Å². The van der Waals surface area contributed by atoms with E-state index in [9.17, 15) is 9.59 Å². The van der Waals surface area contributed by atoms with Crippen LogP contribution in [0.5, 0.6) is 0 Å². The van der Waals surface area contributed by atoms with Crippen LogP contribution in [0.1, 0.15) is 90.9 Å². The summed E-state index contributed by atoms with van der Waals surface area (Å²) in [6, 6.07) is 0. The third-order valence-corrected chi connectivity index (χ3v) is 3.54. The lowest BCUT2D eigenvalue weighted by molar-refractivity contribution is -0.121. The van der Waals surface area contributed by atoms with Crippen LogP contribution in [0, 0.1) is 0 Å². The molecule has 0 aliphatic rings. The van der Waals surface area contributed by atoms with Crippen molar-refractivity contribution in [2.45, 2.75) is 90.9 Å². The number of Topliss-reactive ketones (excluding diaryl/α,β-unsaturated/α-hetero) is 1. The highest BCUT2D eigenvalue weighted by Gasteiger charge is 2.00. The van der Waals surface area contributed by atoms with Gasteiger partial charge in [0, 0.05) is 19.4 Å². The number of ketones is 1. The van der Waals surface area contributed by atoms with Crippen molar-refractivity contribution >= 4 is 11.7 Å². The van der Waals surface area contributed by atoms with Crippen molar-refractivity contribution in [1.82, 2.24) is 5.32 Å². The Morgan fingerprint density at radius 2 is 1.25 bits per heavy atom. The first-order valence-electron chi connectivity index (χ1n) is 8.43. The zero-order valence-corrected chi connectivity index (χ0v) is 13.5. The summed E-state index contributed by atoms with van der Waals surface area (Å²) < 4.78 is 0. The number of rotatable bonds is 14. The highest BCUT2D eigenvalue weighted by Crippen LogP contribution is 2.10. The van der Waals surface area contributed by atoms with Crippen molar-refractivity contribution in [1.29, 1.82) is 0 Å². The van der Waals surface area contributed by atoms with Gasteiger partial charge in [-0.15, -0.1) is 0 Å². The molecule has 0 saturated carbocycles. The molecule has 3 heteroatoms. The van der Waals surface area contributed by atoms with E-state index in [1.807, 2.05) is 0 Å². The average Bonchev–Trinajstić information content (AvgIpc) is 2.41. The Balaban J connectivity index is 3.12. The number of hydrogen-bond donors (Lipinski definition) is 1. The number of amides is 1. The summed E-state index contributed by atoms with van der Waals surface area (Å²) in [4.78, 5) is 22.2. The molecule has 1 amide bonds. The molecular weight excluding hydrogens is 250 g/mol. The number of carbonyl (C=O) groups is 2. The Kier molecular flexibility index (Phi) is 13.9. The van der Waals surface area contributed by atoms with E-state index in [0.717, 1.165) is 45.1 Å². The molecule has 0 spiro atoms. The minimum absolute atomic E-state index is 0.211. The minimum atomic E-state index is 0.211. The summed E-state index contributed by atoms with van der Waals surface area (Å²) in [5.74, 6) is 0.518. The zero-order valence-electron chi connectivity index (χ0n) is 13.5. The van der Waals surface area contributed by atoms with E-state index in [1.165, 1.54) is 32.1 Å². The Labute approximate surface area is 124 Å². The summed E-state index contributed by atoms with van der Waals surface area (Å²) in [7, 11) is 0. The Bertz CT molecular complexity index is 251. The molecule has 20 heavy (non-hydrogen) atoms. The second-order valence-electron chi connectivity index (χ2n) is 5.73. The minimum Gasteiger partial charge on any atom is -0.356 e. The Hall–Kier alpha value is -0.860. The smallest absolute Gasteiger partial charge is 0.219 e. The largest absolute Gasteiger partial charge is 0.356 e. The monoisotopic (exact) mass is 283 g/mol. The molecule has 118 valence electrons. The van der Waals surface area contributed by atoms with Gasteiger partial charge in [-0.25, -0.2) is 0 Å². The van der Waals surface area contributed by atoms with Crippen LogP contribution in [0.25, 0.3) is 0 Å². The number of carbonyl (C=O) groups excluding carboxylic acids is 2. The van der Waals surface area contributed by atoms with Crippen LogP contribution in [-0.2, 0) is 9.59 Å². The summed E-state index contributed by atoms with van der Waals surface area (Å²) >= 11 is 0. The van der Waals surface area contributed by atoms with Crippen LogP contribution in [0.15, 0.2) is 0 Å². The van der Waals surface area contributed by atoms with Crippen molar-refractivity contribution < 1.29 is 9.59 Å². The summed E-state index contributed by atoms with van der Waals surface area (Å²) in [5.41, 5.74) is 0. The van der Waals surface area contributed by atoms with E-state index in [-0.39, 0.29) is 5.91 Å². The maximum absolute atomic E-state index is 11.4. The predicted octanol–water partition coefficient (Wildman–Crippen LogP) is 4.39. The van der Waals surface area contributed by atoms with Crippen LogP contribution in [0.3, 0.4) is 0 Å². The number of hydrogen-bond acceptors (Lipinski definition) is 2. The van der Waals surface area contributed by atoms with Gasteiger partial charge in [-0.3, -0.25) is 4.79 Å². The van der Waals surface area contributed by atoms with Gasteiger partial charge in [0.15, 0.2) is 0 Å². The Morgan fingerprint density at radius 3 is 1.75 bits per heavy atom. The van der Waals surface area contributed by atoms with Crippen LogP contribution in [0.2, 0.25) is 0 Å². The molecule has 0 rings (SSSR count). The molecule has 0 fully saturated rings. The van der Waals surface area contributed by atoms with E-state index in [1.54, 1.807) is 6.92 Å². The lowest BCUT2D eigenvalue weighted by Gasteiger charge is -2.04. The predicted molar refractivity (Wildman–Crippen MR) is 84.8 cm³/mol. The second kappa shape index (κ2) is 14.5. The number of unbranched alkanes of at least 4 members (excludes halogenated alkanes) is 8. The summed E-state index contributed by atoms with van der Waals surface area (Å²) in [5, 5.41) is 2.95. The molecule has 0 bridgehead atoms. The Morgan fingerprint density at radius 1 is 0.750 bits per heavy atom. The fourth-order valence-electron chi connectivity index (χ4n) is 2.21. The van der Waals surface area contributed by atoms with E-state index in [2.05, 4.69) is 12.2 Å². The quantitative estimate of drug-likeness (QED) is 0.480. The van der Waals surface area contributed by atoms with Crippen molar-refractivity contribution in [2.24, 2.45) is 0 Å². The lowest BCUT2D eigenvalue weighted by Crippen LogP contribution is -2.23. The first kappa shape index (κ1) is 19.1. The first-order valence-corrected chi connectivity index (χ1v) is 8.43.